The van der Waals surface area contributed by atoms with Crippen molar-refractivity contribution in [3.05, 3.63) is 64.6 Å². The van der Waals surface area contributed by atoms with Gasteiger partial charge in [0.05, 0.1) is 60.0 Å². The van der Waals surface area contributed by atoms with Crippen molar-refractivity contribution in [2.24, 2.45) is 13.0 Å². The number of benzene rings is 2. The number of nitrogens with zero attached hydrogens (tertiary/aromatic N) is 3. The summed E-state index contributed by atoms with van der Waals surface area (Å²) in [5, 5.41) is 14.9. The predicted molar refractivity (Wildman–Crippen MR) is 171 cm³/mol. The number of hydrogen-bond donors (Lipinski definition) is 2. The number of carboxylic acids is 1. The van der Waals surface area contributed by atoms with E-state index in [2.05, 4.69) is 5.32 Å². The number of aromatic nitrogens is 1. The standard InChI is InChI=1S/C34H40ClFN4O6/c1-38-19-27(26-6-2-3-7-31(26)38)33(42)37-30-17-29(36)22(14-28(30)35)15-32(41)39-18-23(40-12-4-5-13-46-40)16-24(39)20-45-25-10-8-21(9-11-25)34(43)44/h2-3,6-7,14,17,19,21,23-25H,4-5,8-13,15-16,18,20H2,1H3,(H,37,42)(H,43,44)/t21-,23-,24-,25-/m0/s1. The van der Waals surface area contributed by atoms with Gasteiger partial charge in [0.15, 0.2) is 0 Å². The molecule has 246 valence electrons. The minimum Gasteiger partial charge on any atom is -0.481 e. The van der Waals surface area contributed by atoms with Gasteiger partial charge in [-0.1, -0.05) is 29.8 Å². The molecular formula is C34H40ClFN4O6. The van der Waals surface area contributed by atoms with Crippen molar-refractivity contribution in [2.75, 3.05) is 31.6 Å². The molecule has 1 saturated carbocycles. The van der Waals surface area contributed by atoms with E-state index in [0.29, 0.717) is 57.4 Å². The lowest BCUT2D eigenvalue weighted by Gasteiger charge is -2.31. The quantitative estimate of drug-likeness (QED) is 0.317. The molecule has 2 amide bonds. The van der Waals surface area contributed by atoms with Crippen LogP contribution in [0.15, 0.2) is 42.6 Å². The van der Waals surface area contributed by atoms with E-state index in [9.17, 15) is 19.5 Å². The van der Waals surface area contributed by atoms with Crippen molar-refractivity contribution in [3.8, 4) is 0 Å². The Labute approximate surface area is 272 Å². The van der Waals surface area contributed by atoms with Crippen LogP contribution in [0.2, 0.25) is 5.02 Å². The number of rotatable bonds is 9. The lowest BCUT2D eigenvalue weighted by molar-refractivity contribution is -0.203. The Bertz CT molecular complexity index is 1600. The summed E-state index contributed by atoms with van der Waals surface area (Å²) in [5.74, 6) is -2.38. The van der Waals surface area contributed by atoms with E-state index in [1.54, 1.807) is 11.1 Å². The average Bonchev–Trinajstić information content (AvgIpc) is 3.64. The first-order valence-corrected chi connectivity index (χ1v) is 16.4. The Morgan fingerprint density at radius 2 is 1.91 bits per heavy atom. The van der Waals surface area contributed by atoms with Crippen LogP contribution in [0.5, 0.6) is 0 Å². The number of anilines is 1. The van der Waals surface area contributed by atoms with E-state index in [0.717, 1.165) is 36.4 Å². The zero-order chi connectivity index (χ0) is 32.4. The zero-order valence-electron chi connectivity index (χ0n) is 25.9. The first kappa shape index (κ1) is 32.4. The number of amides is 2. The van der Waals surface area contributed by atoms with Gasteiger partial charge in [0, 0.05) is 37.2 Å². The maximum atomic E-state index is 15.5. The van der Waals surface area contributed by atoms with Gasteiger partial charge in [0.1, 0.15) is 5.82 Å². The summed E-state index contributed by atoms with van der Waals surface area (Å²) in [7, 11) is 1.85. The second kappa shape index (κ2) is 14.1. The van der Waals surface area contributed by atoms with Gasteiger partial charge in [-0.15, -0.1) is 0 Å². The van der Waals surface area contributed by atoms with Crippen molar-refractivity contribution in [1.82, 2.24) is 14.5 Å². The summed E-state index contributed by atoms with van der Waals surface area (Å²) in [5.41, 5.74) is 1.60. The fourth-order valence-electron chi connectivity index (χ4n) is 6.99. The number of hydroxylamine groups is 2. The topological polar surface area (TPSA) is 113 Å². The van der Waals surface area contributed by atoms with E-state index in [1.165, 1.54) is 6.07 Å². The molecule has 2 saturated heterocycles. The molecule has 3 fully saturated rings. The number of hydrogen-bond acceptors (Lipinski definition) is 6. The van der Waals surface area contributed by atoms with Crippen molar-refractivity contribution in [3.63, 3.8) is 0 Å². The van der Waals surface area contributed by atoms with E-state index >= 15 is 4.39 Å². The highest BCUT2D eigenvalue weighted by Gasteiger charge is 2.40. The summed E-state index contributed by atoms with van der Waals surface area (Å²) in [6.45, 7) is 2.19. The molecule has 6 rings (SSSR count). The molecule has 0 unspecified atom stereocenters. The lowest BCUT2D eigenvalue weighted by atomic mass is 9.87. The van der Waals surface area contributed by atoms with Crippen LogP contribution in [-0.2, 0) is 32.6 Å². The molecule has 3 heterocycles. The largest absolute Gasteiger partial charge is 0.481 e. The average molecular weight is 655 g/mol. The van der Waals surface area contributed by atoms with Gasteiger partial charge in [-0.3, -0.25) is 19.2 Å². The first-order chi connectivity index (χ1) is 22.2. The summed E-state index contributed by atoms with van der Waals surface area (Å²) in [6, 6.07) is 9.85. The molecule has 1 aliphatic carbocycles. The molecule has 2 N–H and O–H groups in total. The Morgan fingerprint density at radius 3 is 2.65 bits per heavy atom. The summed E-state index contributed by atoms with van der Waals surface area (Å²) in [6.07, 6.45) is 6.65. The fourth-order valence-corrected chi connectivity index (χ4v) is 7.22. The third-order valence-electron chi connectivity index (χ3n) is 9.57. The van der Waals surface area contributed by atoms with E-state index in [4.69, 9.17) is 21.2 Å². The van der Waals surface area contributed by atoms with Crippen LogP contribution < -0.4 is 5.32 Å². The van der Waals surface area contributed by atoms with E-state index < -0.39 is 17.7 Å². The van der Waals surface area contributed by atoms with Crippen LogP contribution in [0.4, 0.5) is 10.1 Å². The molecule has 3 aromatic rings. The van der Waals surface area contributed by atoms with Crippen LogP contribution in [-0.4, -0.2) is 81.9 Å². The molecule has 46 heavy (non-hydrogen) atoms. The molecule has 0 bridgehead atoms. The van der Waals surface area contributed by atoms with Crippen LogP contribution >= 0.6 is 11.6 Å². The van der Waals surface area contributed by atoms with Crippen molar-refractivity contribution >= 4 is 46.0 Å². The predicted octanol–water partition coefficient (Wildman–Crippen LogP) is 5.42. The van der Waals surface area contributed by atoms with Crippen LogP contribution in [0.25, 0.3) is 10.9 Å². The summed E-state index contributed by atoms with van der Waals surface area (Å²) in [4.78, 5) is 45.9. The number of carboxylic acid groups (broad SMARTS) is 1. The first-order valence-electron chi connectivity index (χ1n) is 16.0. The number of likely N-dealkylation sites (tertiary alicyclic amines) is 1. The van der Waals surface area contributed by atoms with Gasteiger partial charge in [0.2, 0.25) is 5.91 Å². The van der Waals surface area contributed by atoms with E-state index in [-0.39, 0.29) is 52.7 Å². The Hall–Kier alpha value is -3.51. The highest BCUT2D eigenvalue weighted by atomic mass is 35.5. The number of halogens is 2. The zero-order valence-corrected chi connectivity index (χ0v) is 26.7. The van der Waals surface area contributed by atoms with Gasteiger partial charge < -0.3 is 24.6 Å². The van der Waals surface area contributed by atoms with Gasteiger partial charge >= 0.3 is 5.97 Å². The number of aryl methyl sites for hydroxylation is 1. The number of fused-ring (bicyclic) bond motifs is 1. The maximum absolute atomic E-state index is 15.5. The molecule has 12 heteroatoms. The Balaban J connectivity index is 1.13. The molecule has 2 aliphatic heterocycles. The maximum Gasteiger partial charge on any atom is 0.306 e. The minimum atomic E-state index is -0.761. The molecule has 3 aliphatic rings. The molecule has 10 nitrogen and oxygen atoms in total. The third kappa shape index (κ3) is 7.07. The molecule has 2 atom stereocenters. The highest BCUT2D eigenvalue weighted by Crippen LogP contribution is 2.32. The second-order valence-electron chi connectivity index (χ2n) is 12.6. The van der Waals surface area contributed by atoms with Crippen molar-refractivity contribution < 1.29 is 33.5 Å². The number of nitrogens with one attached hydrogen (secondary N) is 1. The Kier molecular flexibility index (Phi) is 9.93. The van der Waals surface area contributed by atoms with Gasteiger partial charge in [-0.2, -0.15) is 5.06 Å². The number of aliphatic carboxylic acids is 1. The smallest absolute Gasteiger partial charge is 0.306 e. The second-order valence-corrected chi connectivity index (χ2v) is 13.0. The van der Waals surface area contributed by atoms with Crippen molar-refractivity contribution in [2.45, 2.75) is 69.6 Å². The highest BCUT2D eigenvalue weighted by molar-refractivity contribution is 6.34. The number of ether oxygens (including phenoxy) is 1. The molecule has 1 aromatic heterocycles. The van der Waals surface area contributed by atoms with Crippen molar-refractivity contribution in [1.29, 1.82) is 0 Å². The van der Waals surface area contributed by atoms with Crippen LogP contribution in [0.1, 0.15) is 60.9 Å². The summed E-state index contributed by atoms with van der Waals surface area (Å²) < 4.78 is 23.5. The molecule has 0 radical (unpaired) electrons. The van der Waals surface area contributed by atoms with Crippen LogP contribution in [0.3, 0.4) is 0 Å². The fraction of sp³-hybridized carbons (Fsp3) is 0.500. The normalized spacial score (nSPS) is 23.9. The molecular weight excluding hydrogens is 615 g/mol. The minimum absolute atomic E-state index is 0.000637. The van der Waals surface area contributed by atoms with Gasteiger partial charge in [-0.25, -0.2) is 4.39 Å². The number of carbonyl (C=O) groups is 3. The Morgan fingerprint density at radius 1 is 1.13 bits per heavy atom. The molecule has 0 spiro atoms. The lowest BCUT2D eigenvalue weighted by Crippen LogP contribution is -2.43. The summed E-state index contributed by atoms with van der Waals surface area (Å²) >= 11 is 6.53. The number of carbonyl (C=O) groups excluding carboxylic acids is 2. The number of para-hydroxylation sites is 1. The SMILES string of the molecule is Cn1cc(C(=O)Nc2cc(F)c(CC(=O)N3C[C@@H](N4CCCCO4)C[C@H]3CO[C@H]3CC[C@H](C(=O)O)CC3)cc2Cl)c2ccccc21. The molecule has 2 aromatic carbocycles. The van der Waals surface area contributed by atoms with Crippen LogP contribution in [0, 0.1) is 11.7 Å². The third-order valence-corrected chi connectivity index (χ3v) is 9.88. The monoisotopic (exact) mass is 654 g/mol. The van der Waals surface area contributed by atoms with Gasteiger partial charge in [-0.05, 0) is 68.7 Å². The van der Waals surface area contributed by atoms with Gasteiger partial charge in [0.25, 0.3) is 5.91 Å². The van der Waals surface area contributed by atoms with E-state index in [1.807, 2.05) is 40.9 Å².